The molecule has 16 atom stereocenters. The molecule has 3 heterocycles. The summed E-state index contributed by atoms with van der Waals surface area (Å²) in [5.41, 5.74) is 1.85. The number of ether oxygens (including phenoxy) is 6. The number of carbonyl (C=O) groups excluding carboxylic acids is 3. The first-order chi connectivity index (χ1) is 27.8. The standard InChI is InChI=1S/C48H77NO11/c1-17-18-37-47(13,53)23-30(7)41(51)28(5)21-29(6)42(60-46-44(57-35(12)50)36(49(15)16)22-31(8)55-46)32(9)43(33(10)45(52)58-37)59-38-24-48(14,54)40(34(11)56-38)39-26(3)19-25(2)20-27(39)4/h19-20,23,28-29,31-34,36-38,40,42-44,46,53-54H,17-18,21-22,24H2,1-16H3/t28-,29+,31+,32-,33-,34?,36?,37-,38+,40+,42+,43+,44-,46?,47+,48?/m1/s1. The Morgan fingerprint density at radius 2 is 1.52 bits per heavy atom. The number of hydrogen-bond donors (Lipinski definition) is 2. The number of aliphatic hydroxyl groups is 2. The number of benzene rings is 1. The van der Waals surface area contributed by atoms with E-state index in [1.54, 1.807) is 20.8 Å². The van der Waals surface area contributed by atoms with E-state index in [1.807, 2.05) is 67.5 Å². The Morgan fingerprint density at radius 1 is 0.900 bits per heavy atom. The Bertz CT molecular complexity index is 1660. The number of hydrogen-bond acceptors (Lipinski definition) is 12. The number of ketones is 1. The Morgan fingerprint density at radius 3 is 2.07 bits per heavy atom. The number of likely N-dealkylation sites (N-methyl/N-ethyl adjacent to an activating group) is 1. The average Bonchev–Trinajstić information content (AvgIpc) is 3.12. The van der Waals surface area contributed by atoms with Gasteiger partial charge in [-0.3, -0.25) is 14.4 Å². The molecule has 60 heavy (non-hydrogen) atoms. The summed E-state index contributed by atoms with van der Waals surface area (Å²) in [7, 11) is 3.86. The van der Waals surface area contributed by atoms with Crippen LogP contribution in [0.3, 0.4) is 0 Å². The molecular formula is C48H77NO11. The second-order valence-corrected chi connectivity index (χ2v) is 19.4. The molecule has 0 spiro atoms. The van der Waals surface area contributed by atoms with Gasteiger partial charge in [0.25, 0.3) is 0 Å². The van der Waals surface area contributed by atoms with Crippen molar-refractivity contribution in [1.82, 2.24) is 4.90 Å². The summed E-state index contributed by atoms with van der Waals surface area (Å²) in [5, 5.41) is 24.1. The van der Waals surface area contributed by atoms with Crippen LogP contribution in [0.15, 0.2) is 23.8 Å². The molecule has 0 aromatic heterocycles. The number of nitrogens with zero attached hydrogens (tertiary/aromatic N) is 1. The lowest BCUT2D eigenvalue weighted by Gasteiger charge is -2.48. The van der Waals surface area contributed by atoms with Crippen molar-refractivity contribution in [3.05, 3.63) is 46.0 Å². The maximum Gasteiger partial charge on any atom is 0.311 e. The first-order valence-corrected chi connectivity index (χ1v) is 22.2. The number of allylic oxidation sites excluding steroid dienone is 1. The van der Waals surface area contributed by atoms with Gasteiger partial charge < -0.3 is 43.5 Å². The van der Waals surface area contributed by atoms with E-state index in [0.29, 0.717) is 31.3 Å². The van der Waals surface area contributed by atoms with Crippen LogP contribution in [0.5, 0.6) is 0 Å². The third-order valence-electron chi connectivity index (χ3n) is 13.3. The molecule has 4 unspecified atom stereocenters. The summed E-state index contributed by atoms with van der Waals surface area (Å²) in [6.07, 6.45) is -2.32. The van der Waals surface area contributed by atoms with Gasteiger partial charge in [0.05, 0.1) is 42.0 Å². The lowest BCUT2D eigenvalue weighted by Crippen LogP contribution is -2.58. The largest absolute Gasteiger partial charge is 0.459 e. The van der Waals surface area contributed by atoms with Gasteiger partial charge >= 0.3 is 11.9 Å². The number of aryl methyl sites for hydroxylation is 3. The van der Waals surface area contributed by atoms with Crippen molar-refractivity contribution in [3.63, 3.8) is 0 Å². The Labute approximate surface area is 360 Å². The molecule has 12 nitrogen and oxygen atoms in total. The molecule has 0 radical (unpaired) electrons. The molecule has 2 saturated heterocycles. The van der Waals surface area contributed by atoms with Crippen molar-refractivity contribution in [3.8, 4) is 0 Å². The molecule has 0 bridgehead atoms. The molecule has 2 N–H and O–H groups in total. The Balaban J connectivity index is 1.84. The SMILES string of the molecule is CCC[C@H]1OC(=O)[C@H](C)[C@@H](O[C@H]2CC(C)(O)[C@H](c3c(C)cc(C)cc3C)C(C)O2)[C@H](C)[C@@H](OC2O[C@@H](C)CC(N(C)C)[C@H]2OC(C)=O)[C@@H](C)C[C@@H](C)C(=O)C(C)=C[C@]1(C)O. The van der Waals surface area contributed by atoms with Gasteiger partial charge in [-0.1, -0.05) is 51.8 Å². The topological polar surface area (TPSA) is 150 Å². The molecule has 0 aliphatic carbocycles. The van der Waals surface area contributed by atoms with Crippen molar-refractivity contribution >= 4 is 17.7 Å². The molecule has 0 saturated carbocycles. The van der Waals surface area contributed by atoms with Gasteiger partial charge in [-0.25, -0.2) is 0 Å². The van der Waals surface area contributed by atoms with Crippen LogP contribution in [0, 0.1) is 44.4 Å². The number of carbonyl (C=O) groups is 3. The molecular weight excluding hydrogens is 767 g/mol. The van der Waals surface area contributed by atoms with Crippen molar-refractivity contribution in [2.75, 3.05) is 14.1 Å². The molecule has 340 valence electrons. The summed E-state index contributed by atoms with van der Waals surface area (Å²) in [6, 6.07) is 4.03. The van der Waals surface area contributed by atoms with E-state index in [-0.39, 0.29) is 36.2 Å². The van der Waals surface area contributed by atoms with E-state index in [4.69, 9.17) is 28.4 Å². The Hall–Kier alpha value is -2.71. The van der Waals surface area contributed by atoms with Crippen molar-refractivity contribution in [2.24, 2.45) is 23.7 Å². The summed E-state index contributed by atoms with van der Waals surface area (Å²) < 4.78 is 39.3. The molecule has 1 aromatic carbocycles. The zero-order chi connectivity index (χ0) is 45.2. The van der Waals surface area contributed by atoms with Gasteiger partial charge in [0.15, 0.2) is 24.5 Å². The second kappa shape index (κ2) is 20.2. The van der Waals surface area contributed by atoms with Crippen molar-refractivity contribution in [2.45, 2.75) is 201 Å². The third kappa shape index (κ3) is 11.6. The van der Waals surface area contributed by atoms with E-state index >= 15 is 0 Å². The fourth-order valence-electron chi connectivity index (χ4n) is 10.5. The summed E-state index contributed by atoms with van der Waals surface area (Å²) in [4.78, 5) is 43.0. The fraction of sp³-hybridized carbons (Fsp3) is 0.771. The minimum atomic E-state index is -1.63. The predicted molar refractivity (Wildman–Crippen MR) is 230 cm³/mol. The summed E-state index contributed by atoms with van der Waals surface area (Å²) in [5.74, 6) is -3.81. The lowest BCUT2D eigenvalue weighted by molar-refractivity contribution is -0.299. The number of rotatable bonds is 9. The maximum absolute atomic E-state index is 14.5. The van der Waals surface area contributed by atoms with Gasteiger partial charge in [-0.2, -0.15) is 0 Å². The van der Waals surface area contributed by atoms with E-state index in [9.17, 15) is 24.6 Å². The first kappa shape index (κ1) is 49.9. The van der Waals surface area contributed by atoms with Gasteiger partial charge in [0, 0.05) is 31.1 Å². The molecule has 3 aliphatic heterocycles. The van der Waals surface area contributed by atoms with Crippen LogP contribution in [0.4, 0.5) is 0 Å². The average molecular weight is 844 g/mol. The highest BCUT2D eigenvalue weighted by atomic mass is 16.7. The molecule has 1 aromatic rings. The van der Waals surface area contributed by atoms with Gasteiger partial charge in [0.1, 0.15) is 11.7 Å². The fourth-order valence-corrected chi connectivity index (χ4v) is 10.5. The summed E-state index contributed by atoms with van der Waals surface area (Å²) >= 11 is 0. The molecule has 0 amide bonds. The number of cyclic esters (lactones) is 1. The van der Waals surface area contributed by atoms with Crippen LogP contribution in [-0.2, 0) is 42.8 Å². The zero-order valence-electron chi connectivity index (χ0n) is 39.4. The van der Waals surface area contributed by atoms with E-state index in [2.05, 4.69) is 32.9 Å². The van der Waals surface area contributed by atoms with Crippen molar-refractivity contribution in [1.29, 1.82) is 0 Å². The minimum absolute atomic E-state index is 0.117. The monoisotopic (exact) mass is 844 g/mol. The molecule has 2 fully saturated rings. The zero-order valence-corrected chi connectivity index (χ0v) is 39.4. The normalized spacial score (nSPS) is 40.1. The number of Topliss-reactive ketones (excluding diaryl/α,β-unsaturated/α-hetero) is 1. The highest BCUT2D eigenvalue weighted by Gasteiger charge is 2.51. The predicted octanol–water partition coefficient (Wildman–Crippen LogP) is 7.27. The van der Waals surface area contributed by atoms with Crippen LogP contribution in [0.1, 0.15) is 136 Å². The van der Waals surface area contributed by atoms with Crippen LogP contribution in [-0.4, -0.2) is 113 Å². The van der Waals surface area contributed by atoms with Crippen molar-refractivity contribution < 1.29 is 53.0 Å². The molecule has 3 aliphatic rings. The van der Waals surface area contributed by atoms with E-state index in [0.717, 1.165) is 22.3 Å². The van der Waals surface area contributed by atoms with Crippen LogP contribution >= 0.6 is 0 Å². The van der Waals surface area contributed by atoms with Crippen LogP contribution in [0.25, 0.3) is 0 Å². The highest BCUT2D eigenvalue weighted by Crippen LogP contribution is 2.45. The second-order valence-electron chi connectivity index (χ2n) is 19.4. The quantitative estimate of drug-likeness (QED) is 0.241. The first-order valence-electron chi connectivity index (χ1n) is 22.2. The molecule has 12 heteroatoms. The van der Waals surface area contributed by atoms with Gasteiger partial charge in [-0.05, 0) is 130 Å². The molecule has 4 rings (SSSR count). The smallest absolute Gasteiger partial charge is 0.311 e. The maximum atomic E-state index is 14.5. The van der Waals surface area contributed by atoms with Crippen LogP contribution in [0.2, 0.25) is 0 Å². The summed E-state index contributed by atoms with van der Waals surface area (Å²) in [6.45, 7) is 26.0. The van der Waals surface area contributed by atoms with Gasteiger partial charge in [0.2, 0.25) is 0 Å². The Kier molecular flexibility index (Phi) is 16.8. The third-order valence-corrected chi connectivity index (χ3v) is 13.3. The van der Waals surface area contributed by atoms with Gasteiger partial charge in [-0.15, -0.1) is 0 Å². The number of esters is 2. The van der Waals surface area contributed by atoms with E-state index < -0.39 is 84.0 Å². The minimum Gasteiger partial charge on any atom is -0.459 e. The van der Waals surface area contributed by atoms with E-state index in [1.165, 1.54) is 13.0 Å². The highest BCUT2D eigenvalue weighted by molar-refractivity contribution is 5.96. The lowest BCUT2D eigenvalue weighted by atomic mass is 9.73. The van der Waals surface area contributed by atoms with Crippen LogP contribution < -0.4 is 0 Å².